The Hall–Kier alpha value is 0. The Labute approximate surface area is 83.1 Å². The molecule has 0 aromatic rings. The molecule has 76 valence electrons. The molecule has 0 bridgehead atoms. The quantitative estimate of drug-likeness (QED) is 0.591. The summed E-state index contributed by atoms with van der Waals surface area (Å²) in [5.41, 5.74) is 0. The molecule has 0 heteroatoms. The Balaban J connectivity index is 1.90. The molecule has 0 aromatic heterocycles. The highest BCUT2D eigenvalue weighted by Gasteiger charge is 2.32. The molecule has 0 radical (unpaired) electrons. The molecule has 0 N–H and O–H groups in total. The van der Waals surface area contributed by atoms with Gasteiger partial charge < -0.3 is 0 Å². The van der Waals surface area contributed by atoms with E-state index in [2.05, 4.69) is 6.92 Å². The third-order valence-electron chi connectivity index (χ3n) is 4.50. The standard InChI is InChI=1S/C13H24/c1-2-11-9-6-10-13(11)12-7-4-3-5-8-12/h11-13H,2-10H2,1H3. The highest BCUT2D eigenvalue weighted by Crippen LogP contribution is 2.43. The van der Waals surface area contributed by atoms with Gasteiger partial charge in [-0.1, -0.05) is 58.3 Å². The third kappa shape index (κ3) is 2.08. The molecule has 2 atom stereocenters. The summed E-state index contributed by atoms with van der Waals surface area (Å²) in [5, 5.41) is 0. The van der Waals surface area contributed by atoms with Gasteiger partial charge in [-0.25, -0.2) is 0 Å². The van der Waals surface area contributed by atoms with E-state index in [1.165, 1.54) is 38.5 Å². The lowest BCUT2D eigenvalue weighted by molar-refractivity contribution is 0.199. The largest absolute Gasteiger partial charge is 0.0651 e. The molecule has 0 nitrogen and oxygen atoms in total. The van der Waals surface area contributed by atoms with Gasteiger partial charge >= 0.3 is 0 Å². The van der Waals surface area contributed by atoms with Gasteiger partial charge in [0.2, 0.25) is 0 Å². The summed E-state index contributed by atoms with van der Waals surface area (Å²) in [7, 11) is 0. The monoisotopic (exact) mass is 180 g/mol. The van der Waals surface area contributed by atoms with E-state index in [0.29, 0.717) is 0 Å². The lowest BCUT2D eigenvalue weighted by Gasteiger charge is -2.31. The maximum atomic E-state index is 2.39. The molecule has 2 rings (SSSR count). The van der Waals surface area contributed by atoms with Crippen molar-refractivity contribution in [3.05, 3.63) is 0 Å². The average Bonchev–Trinajstić information content (AvgIpc) is 2.67. The van der Waals surface area contributed by atoms with Crippen molar-refractivity contribution in [2.75, 3.05) is 0 Å². The Bertz CT molecular complexity index is 144. The summed E-state index contributed by atoms with van der Waals surface area (Å²) >= 11 is 0. The minimum Gasteiger partial charge on any atom is -0.0651 e. The van der Waals surface area contributed by atoms with Gasteiger partial charge in [-0.05, 0) is 24.2 Å². The van der Waals surface area contributed by atoms with Crippen molar-refractivity contribution in [2.45, 2.75) is 64.7 Å². The second kappa shape index (κ2) is 4.48. The summed E-state index contributed by atoms with van der Waals surface area (Å²) < 4.78 is 0. The van der Waals surface area contributed by atoms with Crippen molar-refractivity contribution in [2.24, 2.45) is 17.8 Å². The van der Waals surface area contributed by atoms with Crippen LogP contribution in [0.1, 0.15) is 64.7 Å². The van der Waals surface area contributed by atoms with Crippen molar-refractivity contribution < 1.29 is 0 Å². The van der Waals surface area contributed by atoms with Gasteiger partial charge in [0.25, 0.3) is 0 Å². The van der Waals surface area contributed by atoms with Gasteiger partial charge in [-0.2, -0.15) is 0 Å². The van der Waals surface area contributed by atoms with Crippen molar-refractivity contribution >= 4 is 0 Å². The van der Waals surface area contributed by atoms with Crippen LogP contribution in [0.5, 0.6) is 0 Å². The zero-order valence-electron chi connectivity index (χ0n) is 9.10. The van der Waals surface area contributed by atoms with E-state index < -0.39 is 0 Å². The SMILES string of the molecule is CCC1CCCC1C1CCCCC1. The normalized spacial score (nSPS) is 36.7. The zero-order chi connectivity index (χ0) is 9.10. The van der Waals surface area contributed by atoms with Crippen LogP contribution in [0.3, 0.4) is 0 Å². The highest BCUT2D eigenvalue weighted by atomic mass is 14.4. The molecule has 2 fully saturated rings. The van der Waals surface area contributed by atoms with E-state index in [0.717, 1.165) is 17.8 Å². The molecule has 2 aliphatic carbocycles. The van der Waals surface area contributed by atoms with E-state index in [1.54, 1.807) is 19.3 Å². The lowest BCUT2D eigenvalue weighted by atomic mass is 9.75. The van der Waals surface area contributed by atoms with E-state index in [1.807, 2.05) is 0 Å². The Morgan fingerprint density at radius 2 is 1.62 bits per heavy atom. The number of hydrogen-bond acceptors (Lipinski definition) is 0. The van der Waals surface area contributed by atoms with Crippen molar-refractivity contribution in [1.29, 1.82) is 0 Å². The van der Waals surface area contributed by atoms with Crippen molar-refractivity contribution in [3.63, 3.8) is 0 Å². The first-order valence-corrected chi connectivity index (χ1v) is 6.42. The predicted octanol–water partition coefficient (Wildman–Crippen LogP) is 4.39. The van der Waals surface area contributed by atoms with Gasteiger partial charge in [-0.3, -0.25) is 0 Å². The van der Waals surface area contributed by atoms with Crippen LogP contribution in [0.4, 0.5) is 0 Å². The topological polar surface area (TPSA) is 0 Å². The van der Waals surface area contributed by atoms with Crippen LogP contribution >= 0.6 is 0 Å². The first-order chi connectivity index (χ1) is 6.42. The lowest BCUT2D eigenvalue weighted by Crippen LogP contribution is -2.20. The van der Waals surface area contributed by atoms with Crippen LogP contribution in [-0.2, 0) is 0 Å². The average molecular weight is 180 g/mol. The minimum absolute atomic E-state index is 1.10. The summed E-state index contributed by atoms with van der Waals surface area (Å²) in [6, 6.07) is 0. The number of hydrogen-bond donors (Lipinski definition) is 0. The zero-order valence-corrected chi connectivity index (χ0v) is 9.10. The second-order valence-electron chi connectivity index (χ2n) is 5.16. The molecule has 0 amide bonds. The fourth-order valence-corrected chi connectivity index (χ4v) is 3.76. The Morgan fingerprint density at radius 3 is 2.31 bits per heavy atom. The van der Waals surface area contributed by atoms with Crippen LogP contribution in [-0.4, -0.2) is 0 Å². The third-order valence-corrected chi connectivity index (χ3v) is 4.50. The first-order valence-electron chi connectivity index (χ1n) is 6.42. The van der Waals surface area contributed by atoms with Gasteiger partial charge in [0.1, 0.15) is 0 Å². The van der Waals surface area contributed by atoms with Crippen LogP contribution in [0, 0.1) is 17.8 Å². The molecule has 2 aliphatic rings. The molecule has 2 saturated carbocycles. The Morgan fingerprint density at radius 1 is 0.846 bits per heavy atom. The molecule has 2 unspecified atom stereocenters. The van der Waals surface area contributed by atoms with E-state index >= 15 is 0 Å². The Kier molecular flexibility index (Phi) is 3.29. The summed E-state index contributed by atoms with van der Waals surface area (Å²) in [4.78, 5) is 0. The minimum atomic E-state index is 1.10. The molecular formula is C13H24. The van der Waals surface area contributed by atoms with Crippen LogP contribution < -0.4 is 0 Å². The van der Waals surface area contributed by atoms with Crippen LogP contribution in [0.25, 0.3) is 0 Å². The van der Waals surface area contributed by atoms with Gasteiger partial charge in [0, 0.05) is 0 Å². The second-order valence-corrected chi connectivity index (χ2v) is 5.16. The highest BCUT2D eigenvalue weighted by molar-refractivity contribution is 4.83. The summed E-state index contributed by atoms with van der Waals surface area (Å²) in [5.74, 6) is 3.36. The number of rotatable bonds is 2. The van der Waals surface area contributed by atoms with E-state index in [9.17, 15) is 0 Å². The molecule has 0 aromatic carbocycles. The van der Waals surface area contributed by atoms with Gasteiger partial charge in [-0.15, -0.1) is 0 Å². The molecule has 13 heavy (non-hydrogen) atoms. The van der Waals surface area contributed by atoms with Crippen LogP contribution in [0.15, 0.2) is 0 Å². The fourth-order valence-electron chi connectivity index (χ4n) is 3.76. The molecule has 0 aliphatic heterocycles. The fraction of sp³-hybridized carbons (Fsp3) is 1.00. The molecule has 0 saturated heterocycles. The maximum Gasteiger partial charge on any atom is -0.0358 e. The maximum absolute atomic E-state index is 2.39. The van der Waals surface area contributed by atoms with Crippen LogP contribution in [0.2, 0.25) is 0 Å². The van der Waals surface area contributed by atoms with Gasteiger partial charge in [0.05, 0.1) is 0 Å². The van der Waals surface area contributed by atoms with Crippen molar-refractivity contribution in [3.8, 4) is 0 Å². The predicted molar refractivity (Wildman–Crippen MR) is 57.7 cm³/mol. The van der Waals surface area contributed by atoms with Gasteiger partial charge in [0.15, 0.2) is 0 Å². The molecular weight excluding hydrogens is 156 g/mol. The first kappa shape index (κ1) is 9.55. The molecule has 0 heterocycles. The van der Waals surface area contributed by atoms with E-state index in [4.69, 9.17) is 0 Å². The summed E-state index contributed by atoms with van der Waals surface area (Å²) in [6.07, 6.45) is 13.7. The van der Waals surface area contributed by atoms with E-state index in [-0.39, 0.29) is 0 Å². The van der Waals surface area contributed by atoms with Crippen molar-refractivity contribution in [1.82, 2.24) is 0 Å². The smallest absolute Gasteiger partial charge is 0.0358 e. The molecule has 0 spiro atoms. The summed E-state index contributed by atoms with van der Waals surface area (Å²) in [6.45, 7) is 2.39.